The molecule has 19 heavy (non-hydrogen) atoms. The van der Waals surface area contributed by atoms with Gasteiger partial charge in [0, 0.05) is 32.1 Å². The SMILES string of the molecule is CCc1nc(N)cc(NCC2CN(CC)CCO2)n1. The maximum atomic E-state index is 5.76. The van der Waals surface area contributed by atoms with Gasteiger partial charge in [-0.1, -0.05) is 13.8 Å². The summed E-state index contributed by atoms with van der Waals surface area (Å²) in [6.07, 6.45) is 0.985. The monoisotopic (exact) mass is 265 g/mol. The summed E-state index contributed by atoms with van der Waals surface area (Å²) in [5.74, 6) is 2.05. The van der Waals surface area contributed by atoms with Crippen LogP contribution in [0.3, 0.4) is 0 Å². The van der Waals surface area contributed by atoms with Gasteiger partial charge in [-0.3, -0.25) is 4.90 Å². The molecule has 106 valence electrons. The Balaban J connectivity index is 1.89. The van der Waals surface area contributed by atoms with Gasteiger partial charge in [0.15, 0.2) is 0 Å². The summed E-state index contributed by atoms with van der Waals surface area (Å²) in [6.45, 7) is 8.79. The average molecular weight is 265 g/mol. The molecule has 6 nitrogen and oxygen atoms in total. The van der Waals surface area contributed by atoms with Crippen molar-refractivity contribution in [1.82, 2.24) is 14.9 Å². The van der Waals surface area contributed by atoms with Crippen LogP contribution in [0.5, 0.6) is 0 Å². The second-order valence-corrected chi connectivity index (χ2v) is 4.71. The van der Waals surface area contributed by atoms with Crippen LogP contribution in [-0.4, -0.2) is 53.8 Å². The molecule has 0 spiro atoms. The Hall–Kier alpha value is -1.40. The first-order valence-electron chi connectivity index (χ1n) is 6.92. The van der Waals surface area contributed by atoms with Crippen LogP contribution in [0.15, 0.2) is 6.07 Å². The summed E-state index contributed by atoms with van der Waals surface area (Å²) in [5, 5.41) is 3.29. The van der Waals surface area contributed by atoms with Crippen molar-refractivity contribution in [1.29, 1.82) is 0 Å². The number of ether oxygens (including phenoxy) is 1. The van der Waals surface area contributed by atoms with E-state index in [4.69, 9.17) is 10.5 Å². The molecule has 1 aliphatic rings. The molecule has 1 aliphatic heterocycles. The predicted octanol–water partition coefficient (Wildman–Crippen LogP) is 0.754. The van der Waals surface area contributed by atoms with Gasteiger partial charge < -0.3 is 15.8 Å². The van der Waals surface area contributed by atoms with Crippen molar-refractivity contribution in [3.05, 3.63) is 11.9 Å². The zero-order valence-electron chi connectivity index (χ0n) is 11.7. The lowest BCUT2D eigenvalue weighted by Gasteiger charge is -2.32. The molecule has 1 aromatic heterocycles. The molecular weight excluding hydrogens is 242 g/mol. The molecular formula is C13H23N5O. The maximum absolute atomic E-state index is 5.76. The number of morpholine rings is 1. The van der Waals surface area contributed by atoms with Crippen LogP contribution >= 0.6 is 0 Å². The van der Waals surface area contributed by atoms with Crippen molar-refractivity contribution in [3.63, 3.8) is 0 Å². The molecule has 0 bridgehead atoms. The Morgan fingerprint density at radius 1 is 1.47 bits per heavy atom. The normalized spacial score (nSPS) is 20.4. The fourth-order valence-corrected chi connectivity index (χ4v) is 2.18. The van der Waals surface area contributed by atoms with Gasteiger partial charge in [-0.15, -0.1) is 0 Å². The van der Waals surface area contributed by atoms with E-state index < -0.39 is 0 Å². The molecule has 6 heteroatoms. The van der Waals surface area contributed by atoms with Gasteiger partial charge in [0.2, 0.25) is 0 Å². The van der Waals surface area contributed by atoms with E-state index in [9.17, 15) is 0 Å². The number of anilines is 2. The maximum Gasteiger partial charge on any atom is 0.132 e. The van der Waals surface area contributed by atoms with E-state index in [1.54, 1.807) is 6.07 Å². The Morgan fingerprint density at radius 3 is 3.05 bits per heavy atom. The summed E-state index contributed by atoms with van der Waals surface area (Å²) in [5.41, 5.74) is 5.76. The quantitative estimate of drug-likeness (QED) is 0.818. The third-order valence-electron chi connectivity index (χ3n) is 3.29. The average Bonchev–Trinajstić information content (AvgIpc) is 2.44. The number of rotatable bonds is 5. The summed E-state index contributed by atoms with van der Waals surface area (Å²) in [4.78, 5) is 11.0. The summed E-state index contributed by atoms with van der Waals surface area (Å²) in [7, 11) is 0. The third kappa shape index (κ3) is 4.04. The number of likely N-dealkylation sites (N-methyl/N-ethyl adjacent to an activating group) is 1. The summed E-state index contributed by atoms with van der Waals surface area (Å²) >= 11 is 0. The van der Waals surface area contributed by atoms with Gasteiger partial charge >= 0.3 is 0 Å². The molecule has 0 aliphatic carbocycles. The number of nitrogen functional groups attached to an aromatic ring is 1. The van der Waals surface area contributed by atoms with E-state index in [0.717, 1.165) is 50.8 Å². The van der Waals surface area contributed by atoms with Gasteiger partial charge in [0.25, 0.3) is 0 Å². The Bertz CT molecular complexity index is 412. The predicted molar refractivity (Wildman–Crippen MR) is 76.2 cm³/mol. The highest BCUT2D eigenvalue weighted by Crippen LogP contribution is 2.10. The van der Waals surface area contributed by atoms with Crippen molar-refractivity contribution < 1.29 is 4.74 Å². The van der Waals surface area contributed by atoms with Crippen LogP contribution in [0.1, 0.15) is 19.7 Å². The highest BCUT2D eigenvalue weighted by atomic mass is 16.5. The van der Waals surface area contributed by atoms with Gasteiger partial charge in [-0.2, -0.15) is 0 Å². The smallest absolute Gasteiger partial charge is 0.132 e. The van der Waals surface area contributed by atoms with Crippen LogP contribution in [-0.2, 0) is 11.2 Å². The summed E-state index contributed by atoms with van der Waals surface area (Å²) in [6, 6.07) is 1.76. The fraction of sp³-hybridized carbons (Fsp3) is 0.692. The second kappa shape index (κ2) is 6.68. The van der Waals surface area contributed by atoms with Crippen LogP contribution in [0.4, 0.5) is 11.6 Å². The van der Waals surface area contributed by atoms with Crippen molar-refractivity contribution in [2.24, 2.45) is 0 Å². The number of hydrogen-bond acceptors (Lipinski definition) is 6. The molecule has 0 amide bonds. The molecule has 1 saturated heterocycles. The molecule has 1 atom stereocenters. The van der Waals surface area contributed by atoms with Crippen molar-refractivity contribution in [3.8, 4) is 0 Å². The fourth-order valence-electron chi connectivity index (χ4n) is 2.18. The minimum Gasteiger partial charge on any atom is -0.384 e. The standard InChI is InChI=1S/C13H23N5O/c1-3-12-16-11(14)7-13(17-12)15-8-10-9-18(4-2)5-6-19-10/h7,10H,3-6,8-9H2,1-2H3,(H3,14,15,16,17). The van der Waals surface area contributed by atoms with Crippen molar-refractivity contribution in [2.45, 2.75) is 26.4 Å². The van der Waals surface area contributed by atoms with E-state index in [2.05, 4.69) is 27.1 Å². The molecule has 1 unspecified atom stereocenters. The lowest BCUT2D eigenvalue weighted by atomic mass is 10.2. The van der Waals surface area contributed by atoms with Crippen LogP contribution in [0.2, 0.25) is 0 Å². The van der Waals surface area contributed by atoms with E-state index in [-0.39, 0.29) is 6.10 Å². The lowest BCUT2D eigenvalue weighted by molar-refractivity contribution is -0.0192. The molecule has 3 N–H and O–H groups in total. The lowest BCUT2D eigenvalue weighted by Crippen LogP contribution is -2.45. The zero-order valence-corrected chi connectivity index (χ0v) is 11.7. The first-order chi connectivity index (χ1) is 9.21. The van der Waals surface area contributed by atoms with Gasteiger partial charge in [0.1, 0.15) is 17.5 Å². The van der Waals surface area contributed by atoms with Gasteiger partial charge in [-0.05, 0) is 6.54 Å². The molecule has 0 radical (unpaired) electrons. The zero-order chi connectivity index (χ0) is 13.7. The highest BCUT2D eigenvalue weighted by Gasteiger charge is 2.19. The van der Waals surface area contributed by atoms with Gasteiger partial charge in [-0.25, -0.2) is 9.97 Å². The Labute approximate surface area is 114 Å². The topological polar surface area (TPSA) is 76.3 Å². The largest absolute Gasteiger partial charge is 0.384 e. The van der Waals surface area contributed by atoms with Crippen molar-refractivity contribution in [2.75, 3.05) is 43.8 Å². The minimum absolute atomic E-state index is 0.204. The molecule has 2 rings (SSSR count). The second-order valence-electron chi connectivity index (χ2n) is 4.71. The first-order valence-corrected chi connectivity index (χ1v) is 6.92. The number of nitrogens with zero attached hydrogens (tertiary/aromatic N) is 3. The summed E-state index contributed by atoms with van der Waals surface area (Å²) < 4.78 is 5.74. The minimum atomic E-state index is 0.204. The number of aromatic nitrogens is 2. The molecule has 0 aromatic carbocycles. The van der Waals surface area contributed by atoms with Crippen molar-refractivity contribution >= 4 is 11.6 Å². The highest BCUT2D eigenvalue weighted by molar-refractivity contribution is 5.44. The van der Waals surface area contributed by atoms with Gasteiger partial charge in [0.05, 0.1) is 12.7 Å². The van der Waals surface area contributed by atoms with E-state index in [0.29, 0.717) is 5.82 Å². The number of aryl methyl sites for hydroxylation is 1. The van der Waals surface area contributed by atoms with Crippen LogP contribution in [0, 0.1) is 0 Å². The first kappa shape index (κ1) is 14.0. The molecule has 1 fully saturated rings. The van der Waals surface area contributed by atoms with E-state index in [1.165, 1.54) is 0 Å². The number of nitrogens with one attached hydrogen (secondary N) is 1. The van der Waals surface area contributed by atoms with E-state index in [1.807, 2.05) is 6.92 Å². The Morgan fingerprint density at radius 2 is 2.32 bits per heavy atom. The molecule has 0 saturated carbocycles. The Kier molecular flexibility index (Phi) is 4.93. The third-order valence-corrected chi connectivity index (χ3v) is 3.29. The number of hydrogen-bond donors (Lipinski definition) is 2. The van der Waals surface area contributed by atoms with Crippen LogP contribution < -0.4 is 11.1 Å². The van der Waals surface area contributed by atoms with Crippen LogP contribution in [0.25, 0.3) is 0 Å². The number of nitrogens with two attached hydrogens (primary N) is 1. The van der Waals surface area contributed by atoms with E-state index >= 15 is 0 Å². The molecule has 2 heterocycles. The molecule has 1 aromatic rings.